The van der Waals surface area contributed by atoms with Gasteiger partial charge in [0.25, 0.3) is 0 Å². The molecule has 8 atom stereocenters. The summed E-state index contributed by atoms with van der Waals surface area (Å²) < 4.78 is 11.0. The average Bonchev–Trinajstić information content (AvgIpc) is 2.76. The normalized spacial score (nSPS) is 32.6. The number of ether oxygens (including phenoxy) is 2. The number of aliphatic hydroxyl groups is 4. The SMILES string of the molecule is CCC(O)C(O)CC(C)/C=C/C=C(\C)C1OC(=O)CC(O)CCC(C)(O)C(OC(C)=O)/C=C/C1C. The van der Waals surface area contributed by atoms with Crippen molar-refractivity contribution in [3.05, 3.63) is 36.0 Å². The fraction of sp³-hybridized carbons (Fsp3) is 0.704. The van der Waals surface area contributed by atoms with Crippen LogP contribution in [0.15, 0.2) is 36.0 Å². The van der Waals surface area contributed by atoms with E-state index in [1.54, 1.807) is 12.2 Å². The molecule has 8 heteroatoms. The standard InChI is InChI=1S/C27H44O8/c1-7-22(30)23(31)15-17(2)9-8-10-18(3)26-19(4)11-12-24(34-20(5)28)27(6,33)14-13-21(29)16-25(32)35-26/h8-12,17,19,21-24,26,29-31,33H,7,13-16H2,1-6H3/b9-8+,12-11+,18-10+. The van der Waals surface area contributed by atoms with Crippen molar-refractivity contribution in [1.29, 1.82) is 0 Å². The van der Waals surface area contributed by atoms with Crippen molar-refractivity contribution in [3.63, 3.8) is 0 Å². The molecule has 0 aromatic carbocycles. The molecule has 0 radical (unpaired) electrons. The second kappa shape index (κ2) is 14.5. The topological polar surface area (TPSA) is 134 Å². The molecule has 0 aliphatic carbocycles. The van der Waals surface area contributed by atoms with Crippen LogP contribution in [-0.4, -0.2) is 68.5 Å². The number of cyclic esters (lactones) is 1. The second-order valence-corrected chi connectivity index (χ2v) is 9.99. The number of allylic oxidation sites excluding steroid dienone is 3. The van der Waals surface area contributed by atoms with E-state index in [2.05, 4.69) is 0 Å². The van der Waals surface area contributed by atoms with Gasteiger partial charge in [0.2, 0.25) is 0 Å². The smallest absolute Gasteiger partial charge is 0.309 e. The number of carbonyl (C=O) groups is 2. The minimum atomic E-state index is -1.42. The molecular weight excluding hydrogens is 452 g/mol. The van der Waals surface area contributed by atoms with E-state index in [9.17, 15) is 30.0 Å². The molecule has 1 aliphatic heterocycles. The van der Waals surface area contributed by atoms with Crippen molar-refractivity contribution >= 4 is 11.9 Å². The zero-order chi connectivity index (χ0) is 26.8. The summed E-state index contributed by atoms with van der Waals surface area (Å²) in [6.07, 6.45) is 5.78. The number of hydrogen-bond donors (Lipinski definition) is 4. The zero-order valence-corrected chi connectivity index (χ0v) is 21.9. The van der Waals surface area contributed by atoms with E-state index in [-0.39, 0.29) is 31.1 Å². The van der Waals surface area contributed by atoms with Crippen LogP contribution in [0.1, 0.15) is 73.6 Å². The molecule has 200 valence electrons. The van der Waals surface area contributed by atoms with Gasteiger partial charge in [-0.3, -0.25) is 9.59 Å². The molecule has 1 heterocycles. The molecule has 0 spiro atoms. The summed E-state index contributed by atoms with van der Waals surface area (Å²) in [6, 6.07) is 0. The molecular formula is C27H44O8. The summed E-state index contributed by atoms with van der Waals surface area (Å²) >= 11 is 0. The fourth-order valence-electron chi connectivity index (χ4n) is 4.01. The van der Waals surface area contributed by atoms with Gasteiger partial charge in [-0.2, -0.15) is 0 Å². The van der Waals surface area contributed by atoms with Gasteiger partial charge in [0.15, 0.2) is 0 Å². The highest BCUT2D eigenvalue weighted by Gasteiger charge is 2.35. The third-order valence-corrected chi connectivity index (χ3v) is 6.34. The van der Waals surface area contributed by atoms with Crippen molar-refractivity contribution in [3.8, 4) is 0 Å². The number of hydrogen-bond acceptors (Lipinski definition) is 8. The van der Waals surface area contributed by atoms with Gasteiger partial charge in [0.1, 0.15) is 17.8 Å². The Morgan fingerprint density at radius 2 is 1.94 bits per heavy atom. The molecule has 35 heavy (non-hydrogen) atoms. The van der Waals surface area contributed by atoms with E-state index in [1.807, 2.05) is 45.9 Å². The summed E-state index contributed by atoms with van der Waals surface area (Å²) in [6.45, 7) is 10.2. The Morgan fingerprint density at radius 3 is 2.54 bits per heavy atom. The Bertz CT molecular complexity index is 769. The summed E-state index contributed by atoms with van der Waals surface area (Å²) in [5, 5.41) is 40.9. The van der Waals surface area contributed by atoms with Gasteiger partial charge in [-0.1, -0.05) is 45.1 Å². The molecule has 0 amide bonds. The van der Waals surface area contributed by atoms with Gasteiger partial charge >= 0.3 is 11.9 Å². The van der Waals surface area contributed by atoms with Crippen molar-refractivity contribution in [2.24, 2.45) is 11.8 Å². The van der Waals surface area contributed by atoms with Crippen molar-refractivity contribution < 1.29 is 39.5 Å². The van der Waals surface area contributed by atoms with Crippen LogP contribution in [0.2, 0.25) is 0 Å². The van der Waals surface area contributed by atoms with E-state index in [0.29, 0.717) is 12.8 Å². The molecule has 0 aromatic rings. The highest BCUT2D eigenvalue weighted by molar-refractivity contribution is 5.70. The molecule has 8 nitrogen and oxygen atoms in total. The first kappa shape index (κ1) is 31.0. The highest BCUT2D eigenvalue weighted by atomic mass is 16.6. The summed E-state index contributed by atoms with van der Waals surface area (Å²) in [5.74, 6) is -1.36. The molecule has 0 saturated carbocycles. The first-order valence-corrected chi connectivity index (χ1v) is 12.4. The maximum atomic E-state index is 12.5. The Labute approximate surface area is 209 Å². The molecule has 8 unspecified atom stereocenters. The highest BCUT2D eigenvalue weighted by Crippen LogP contribution is 2.27. The quantitative estimate of drug-likeness (QED) is 0.229. The van der Waals surface area contributed by atoms with Gasteiger partial charge in [0.05, 0.1) is 24.7 Å². The van der Waals surface area contributed by atoms with E-state index in [4.69, 9.17) is 9.47 Å². The van der Waals surface area contributed by atoms with Gasteiger partial charge < -0.3 is 29.9 Å². The van der Waals surface area contributed by atoms with Crippen LogP contribution in [0.4, 0.5) is 0 Å². The number of carbonyl (C=O) groups excluding carboxylic acids is 2. The van der Waals surface area contributed by atoms with Crippen LogP contribution >= 0.6 is 0 Å². The maximum absolute atomic E-state index is 12.5. The number of esters is 2. The molecule has 4 N–H and O–H groups in total. The molecule has 1 rings (SSSR count). The van der Waals surface area contributed by atoms with E-state index in [1.165, 1.54) is 13.8 Å². The first-order chi connectivity index (χ1) is 16.3. The van der Waals surface area contributed by atoms with E-state index < -0.39 is 48.1 Å². The Balaban J connectivity index is 3.12. The minimum Gasteiger partial charge on any atom is -0.457 e. The lowest BCUT2D eigenvalue weighted by Crippen LogP contribution is -2.42. The minimum absolute atomic E-state index is 0.0216. The van der Waals surface area contributed by atoms with Crippen LogP contribution in [-0.2, 0) is 19.1 Å². The van der Waals surface area contributed by atoms with Crippen LogP contribution in [0.25, 0.3) is 0 Å². The lowest BCUT2D eigenvalue weighted by atomic mass is 9.88. The van der Waals surface area contributed by atoms with Crippen LogP contribution in [0.3, 0.4) is 0 Å². The van der Waals surface area contributed by atoms with Crippen molar-refractivity contribution in [2.45, 2.75) is 110 Å². The van der Waals surface area contributed by atoms with Gasteiger partial charge in [0, 0.05) is 12.8 Å². The summed E-state index contributed by atoms with van der Waals surface area (Å²) in [5.41, 5.74) is -0.656. The lowest BCUT2D eigenvalue weighted by Gasteiger charge is -2.32. The van der Waals surface area contributed by atoms with Crippen LogP contribution in [0.5, 0.6) is 0 Å². The first-order valence-electron chi connectivity index (χ1n) is 12.4. The van der Waals surface area contributed by atoms with Crippen molar-refractivity contribution in [2.75, 3.05) is 0 Å². The largest absolute Gasteiger partial charge is 0.457 e. The van der Waals surface area contributed by atoms with Gasteiger partial charge in [-0.05, 0) is 57.1 Å². The number of aliphatic hydroxyl groups excluding tert-OH is 3. The number of rotatable bonds is 8. The molecule has 0 saturated heterocycles. The zero-order valence-electron chi connectivity index (χ0n) is 21.9. The predicted molar refractivity (Wildman–Crippen MR) is 133 cm³/mol. The Hall–Kier alpha value is -2.00. The third kappa shape index (κ3) is 11.1. The molecule has 0 aromatic heterocycles. The van der Waals surface area contributed by atoms with Crippen molar-refractivity contribution in [1.82, 2.24) is 0 Å². The van der Waals surface area contributed by atoms with E-state index >= 15 is 0 Å². The Kier molecular flexibility index (Phi) is 12.9. The summed E-state index contributed by atoms with van der Waals surface area (Å²) in [7, 11) is 0. The Morgan fingerprint density at radius 1 is 1.29 bits per heavy atom. The van der Waals surface area contributed by atoms with Crippen LogP contribution < -0.4 is 0 Å². The lowest BCUT2D eigenvalue weighted by molar-refractivity contribution is -0.157. The molecule has 1 aliphatic rings. The predicted octanol–water partition coefficient (Wildman–Crippen LogP) is 2.98. The van der Waals surface area contributed by atoms with Gasteiger partial charge in [-0.25, -0.2) is 0 Å². The van der Waals surface area contributed by atoms with E-state index in [0.717, 1.165) is 5.57 Å². The molecule has 0 bridgehead atoms. The maximum Gasteiger partial charge on any atom is 0.309 e. The second-order valence-electron chi connectivity index (χ2n) is 9.99. The monoisotopic (exact) mass is 496 g/mol. The summed E-state index contributed by atoms with van der Waals surface area (Å²) in [4.78, 5) is 24.1. The fourth-order valence-corrected chi connectivity index (χ4v) is 4.01. The third-order valence-electron chi connectivity index (χ3n) is 6.34. The van der Waals surface area contributed by atoms with Crippen LogP contribution in [0, 0.1) is 11.8 Å². The average molecular weight is 497 g/mol. The molecule has 0 fully saturated rings. The van der Waals surface area contributed by atoms with Gasteiger partial charge in [-0.15, -0.1) is 0 Å².